The van der Waals surface area contributed by atoms with Gasteiger partial charge in [-0.2, -0.15) is 0 Å². The maximum Gasteiger partial charge on any atom is 0.245 e. The number of carbonyl (C=O) groups is 2. The van der Waals surface area contributed by atoms with Crippen molar-refractivity contribution in [2.75, 3.05) is 19.7 Å². The van der Waals surface area contributed by atoms with Gasteiger partial charge in [-0.1, -0.05) is 20.8 Å². The van der Waals surface area contributed by atoms with Crippen molar-refractivity contribution in [1.29, 1.82) is 0 Å². The van der Waals surface area contributed by atoms with Crippen LogP contribution in [0.5, 0.6) is 0 Å². The van der Waals surface area contributed by atoms with Gasteiger partial charge in [-0.05, 0) is 25.7 Å². The molecule has 2 fully saturated rings. The Morgan fingerprint density at radius 3 is 2.30 bits per heavy atom. The molecule has 0 spiro atoms. The summed E-state index contributed by atoms with van der Waals surface area (Å²) < 4.78 is 0. The summed E-state index contributed by atoms with van der Waals surface area (Å²) in [5, 5.41) is 9.36. The van der Waals surface area contributed by atoms with E-state index in [2.05, 4.69) is 0 Å². The molecule has 0 radical (unpaired) electrons. The largest absolute Gasteiger partial charge is 0.394 e. The monoisotopic (exact) mass is 282 g/mol. The van der Waals surface area contributed by atoms with Crippen LogP contribution >= 0.6 is 0 Å². The Labute approximate surface area is 120 Å². The number of aliphatic hydroxyl groups is 1. The molecule has 2 aliphatic rings. The lowest BCUT2D eigenvalue weighted by molar-refractivity contribution is -0.149. The lowest BCUT2D eigenvalue weighted by atomic mass is 9.94. The molecule has 5 nitrogen and oxygen atoms in total. The summed E-state index contributed by atoms with van der Waals surface area (Å²) in [5.74, 6) is 0.0738. The third kappa shape index (κ3) is 2.82. The molecule has 2 atom stereocenters. The number of likely N-dealkylation sites (tertiary alicyclic amines) is 2. The van der Waals surface area contributed by atoms with Gasteiger partial charge >= 0.3 is 0 Å². The van der Waals surface area contributed by atoms with Gasteiger partial charge in [0.25, 0.3) is 0 Å². The predicted octanol–water partition coefficient (Wildman–Crippen LogP) is 1.01. The van der Waals surface area contributed by atoms with Crippen molar-refractivity contribution in [3.63, 3.8) is 0 Å². The third-order valence-electron chi connectivity index (χ3n) is 4.31. The third-order valence-corrected chi connectivity index (χ3v) is 4.31. The number of amides is 2. The molecule has 2 aliphatic heterocycles. The molecule has 1 N–H and O–H groups in total. The number of hydrogen-bond acceptors (Lipinski definition) is 3. The van der Waals surface area contributed by atoms with Crippen LogP contribution in [0.4, 0.5) is 0 Å². The van der Waals surface area contributed by atoms with Crippen molar-refractivity contribution in [2.24, 2.45) is 5.41 Å². The van der Waals surface area contributed by atoms with E-state index in [4.69, 9.17) is 0 Å². The maximum absolute atomic E-state index is 12.7. The number of rotatable bonds is 2. The second kappa shape index (κ2) is 5.72. The molecule has 0 aromatic rings. The summed E-state index contributed by atoms with van der Waals surface area (Å²) in [6.07, 6.45) is 3.43. The smallest absolute Gasteiger partial charge is 0.245 e. The molecule has 0 saturated carbocycles. The van der Waals surface area contributed by atoms with Crippen LogP contribution in [0.1, 0.15) is 46.5 Å². The van der Waals surface area contributed by atoms with E-state index in [0.717, 1.165) is 25.7 Å². The predicted molar refractivity (Wildman–Crippen MR) is 76.0 cm³/mol. The zero-order valence-corrected chi connectivity index (χ0v) is 12.8. The minimum Gasteiger partial charge on any atom is -0.394 e. The number of nitrogens with zero attached hydrogens (tertiary/aromatic N) is 2. The fourth-order valence-electron chi connectivity index (χ4n) is 3.20. The van der Waals surface area contributed by atoms with Crippen molar-refractivity contribution >= 4 is 11.8 Å². The van der Waals surface area contributed by atoms with Crippen LogP contribution in [-0.4, -0.2) is 58.5 Å². The highest BCUT2D eigenvalue weighted by Gasteiger charge is 2.42. The summed E-state index contributed by atoms with van der Waals surface area (Å²) in [5.41, 5.74) is -0.454. The van der Waals surface area contributed by atoms with E-state index in [1.165, 1.54) is 0 Å². The highest BCUT2D eigenvalue weighted by molar-refractivity contribution is 5.90. The molecule has 0 aromatic carbocycles. The lowest BCUT2D eigenvalue weighted by Gasteiger charge is -2.33. The van der Waals surface area contributed by atoms with Crippen LogP contribution in [0.15, 0.2) is 0 Å². The Kier molecular flexibility index (Phi) is 4.37. The van der Waals surface area contributed by atoms with E-state index in [9.17, 15) is 14.7 Å². The van der Waals surface area contributed by atoms with Crippen molar-refractivity contribution in [3.05, 3.63) is 0 Å². The van der Waals surface area contributed by atoms with Gasteiger partial charge in [0, 0.05) is 18.5 Å². The fourth-order valence-corrected chi connectivity index (χ4v) is 3.20. The van der Waals surface area contributed by atoms with Gasteiger partial charge in [0.05, 0.1) is 12.6 Å². The minimum absolute atomic E-state index is 0.0195. The van der Waals surface area contributed by atoms with Gasteiger partial charge in [-0.25, -0.2) is 0 Å². The summed E-state index contributed by atoms with van der Waals surface area (Å²) in [4.78, 5) is 28.7. The molecule has 0 aliphatic carbocycles. The second-order valence-corrected chi connectivity index (χ2v) is 6.92. The first-order valence-electron chi connectivity index (χ1n) is 7.58. The van der Waals surface area contributed by atoms with E-state index in [1.54, 1.807) is 9.80 Å². The van der Waals surface area contributed by atoms with Gasteiger partial charge in [0.15, 0.2) is 0 Å². The Bertz CT molecular complexity index is 389. The van der Waals surface area contributed by atoms with E-state index < -0.39 is 5.41 Å². The Hall–Kier alpha value is -1.10. The topological polar surface area (TPSA) is 60.9 Å². The zero-order chi connectivity index (χ0) is 14.9. The summed E-state index contributed by atoms with van der Waals surface area (Å²) in [6.45, 7) is 7.07. The Balaban J connectivity index is 2.11. The molecule has 0 aromatic heterocycles. The van der Waals surface area contributed by atoms with E-state index in [1.807, 2.05) is 20.8 Å². The standard InChI is InChI=1S/C15H26N2O3/c1-15(2,3)14(20)17-9-5-7-12(17)13(19)16-8-4-6-11(16)10-18/h11-12,18H,4-10H2,1-3H3/t11-,12?/m0/s1. The van der Waals surface area contributed by atoms with Crippen LogP contribution < -0.4 is 0 Å². The fraction of sp³-hybridized carbons (Fsp3) is 0.867. The highest BCUT2D eigenvalue weighted by atomic mass is 16.3. The maximum atomic E-state index is 12.7. The minimum atomic E-state index is -0.454. The molecule has 0 bridgehead atoms. The molecule has 5 heteroatoms. The van der Waals surface area contributed by atoms with Gasteiger partial charge in [0.1, 0.15) is 6.04 Å². The average molecular weight is 282 g/mol. The molecule has 114 valence electrons. The molecule has 2 heterocycles. The summed E-state index contributed by atoms with van der Waals surface area (Å²) >= 11 is 0. The molecule has 2 amide bonds. The van der Waals surface area contributed by atoms with Crippen LogP contribution in [0.25, 0.3) is 0 Å². The first-order chi connectivity index (χ1) is 9.36. The number of aliphatic hydroxyl groups excluding tert-OH is 1. The van der Waals surface area contributed by atoms with Crippen LogP contribution in [-0.2, 0) is 9.59 Å². The Morgan fingerprint density at radius 2 is 1.70 bits per heavy atom. The number of carbonyl (C=O) groups excluding carboxylic acids is 2. The SMILES string of the molecule is CC(C)(C)C(=O)N1CCCC1C(=O)N1CCC[C@H]1CO. The van der Waals surface area contributed by atoms with E-state index in [-0.39, 0.29) is 30.5 Å². The molecule has 2 saturated heterocycles. The first-order valence-corrected chi connectivity index (χ1v) is 7.58. The summed E-state index contributed by atoms with van der Waals surface area (Å²) in [7, 11) is 0. The van der Waals surface area contributed by atoms with Crippen molar-refractivity contribution in [3.8, 4) is 0 Å². The zero-order valence-electron chi connectivity index (χ0n) is 12.8. The molecule has 20 heavy (non-hydrogen) atoms. The van der Waals surface area contributed by atoms with Crippen molar-refractivity contribution < 1.29 is 14.7 Å². The van der Waals surface area contributed by atoms with Crippen molar-refractivity contribution in [2.45, 2.75) is 58.5 Å². The molecule has 1 unspecified atom stereocenters. The first kappa shape index (κ1) is 15.3. The molecule has 2 rings (SSSR count). The van der Waals surface area contributed by atoms with E-state index in [0.29, 0.717) is 13.1 Å². The van der Waals surface area contributed by atoms with Crippen LogP contribution in [0.2, 0.25) is 0 Å². The van der Waals surface area contributed by atoms with Crippen LogP contribution in [0.3, 0.4) is 0 Å². The Morgan fingerprint density at radius 1 is 1.10 bits per heavy atom. The van der Waals surface area contributed by atoms with Gasteiger partial charge < -0.3 is 14.9 Å². The summed E-state index contributed by atoms with van der Waals surface area (Å²) in [6, 6.07) is -0.386. The molecular weight excluding hydrogens is 256 g/mol. The highest BCUT2D eigenvalue weighted by Crippen LogP contribution is 2.28. The average Bonchev–Trinajstić information content (AvgIpc) is 3.04. The van der Waals surface area contributed by atoms with Crippen molar-refractivity contribution in [1.82, 2.24) is 9.80 Å². The van der Waals surface area contributed by atoms with Crippen LogP contribution in [0, 0.1) is 5.41 Å². The van der Waals surface area contributed by atoms with Gasteiger partial charge in [0.2, 0.25) is 11.8 Å². The number of hydrogen-bond donors (Lipinski definition) is 1. The lowest BCUT2D eigenvalue weighted by Crippen LogP contribution is -2.52. The second-order valence-electron chi connectivity index (χ2n) is 6.92. The van der Waals surface area contributed by atoms with E-state index >= 15 is 0 Å². The quantitative estimate of drug-likeness (QED) is 0.822. The van der Waals surface area contributed by atoms with Gasteiger partial charge in [-0.15, -0.1) is 0 Å². The van der Waals surface area contributed by atoms with Gasteiger partial charge in [-0.3, -0.25) is 9.59 Å². The molecular formula is C15H26N2O3. The normalized spacial score (nSPS) is 27.2.